The maximum absolute atomic E-state index is 13.4. The predicted molar refractivity (Wildman–Crippen MR) is 81.0 cm³/mol. The molecule has 0 bridgehead atoms. The molecule has 0 heterocycles. The Labute approximate surface area is 127 Å². The molecule has 2 rings (SSSR count). The highest BCUT2D eigenvalue weighted by atomic mass is 79.9. The van der Waals surface area contributed by atoms with E-state index >= 15 is 0 Å². The zero-order valence-electron chi connectivity index (χ0n) is 9.97. The van der Waals surface area contributed by atoms with Crippen molar-refractivity contribution < 1.29 is 4.39 Å². The molecule has 0 spiro atoms. The number of anilines is 2. The molecular weight excluding hydrogens is 375 g/mol. The number of nitrogens with zero attached hydrogens (tertiary/aromatic N) is 1. The third-order valence-electron chi connectivity index (χ3n) is 2.64. The Bertz CT molecular complexity index is 678. The first-order valence-corrected chi connectivity index (χ1v) is 7.02. The van der Waals surface area contributed by atoms with Crippen LogP contribution in [-0.4, -0.2) is 0 Å². The van der Waals surface area contributed by atoms with Gasteiger partial charge in [0.05, 0.1) is 15.7 Å². The first-order chi connectivity index (χ1) is 9.01. The fraction of sp³-hybridized carbons (Fsp3) is 0.0714. The fourth-order valence-electron chi connectivity index (χ4n) is 1.64. The van der Waals surface area contributed by atoms with E-state index in [0.29, 0.717) is 15.7 Å². The molecule has 0 saturated carbocycles. The van der Waals surface area contributed by atoms with Crippen LogP contribution in [0.1, 0.15) is 11.1 Å². The molecule has 0 aliphatic carbocycles. The second-order valence-electron chi connectivity index (χ2n) is 4.01. The second kappa shape index (κ2) is 5.72. The molecule has 0 aromatic heterocycles. The van der Waals surface area contributed by atoms with Crippen molar-refractivity contribution in [2.24, 2.45) is 0 Å². The average molecular weight is 384 g/mol. The Balaban J connectivity index is 2.45. The minimum absolute atomic E-state index is 0.308. The Hall–Kier alpha value is -1.38. The number of rotatable bonds is 2. The van der Waals surface area contributed by atoms with Gasteiger partial charge in [0.15, 0.2) is 0 Å². The number of aryl methyl sites for hydroxylation is 1. The summed E-state index contributed by atoms with van der Waals surface area (Å²) in [5.41, 5.74) is 2.73. The van der Waals surface area contributed by atoms with Gasteiger partial charge in [-0.25, -0.2) is 4.39 Å². The number of hydrogen-bond acceptors (Lipinski definition) is 2. The smallest absolute Gasteiger partial charge is 0.137 e. The summed E-state index contributed by atoms with van der Waals surface area (Å²) < 4.78 is 14.6. The molecule has 0 radical (unpaired) electrons. The van der Waals surface area contributed by atoms with E-state index in [1.54, 1.807) is 18.2 Å². The predicted octanol–water partition coefficient (Wildman–Crippen LogP) is 5.27. The molecular formula is C14H9Br2FN2. The molecule has 0 unspecified atom stereocenters. The quantitative estimate of drug-likeness (QED) is 0.766. The summed E-state index contributed by atoms with van der Waals surface area (Å²) in [5.74, 6) is -0.308. The molecule has 2 aromatic carbocycles. The third kappa shape index (κ3) is 3.14. The van der Waals surface area contributed by atoms with Gasteiger partial charge in [-0.1, -0.05) is 15.9 Å². The molecule has 0 fully saturated rings. The molecule has 2 aromatic rings. The van der Waals surface area contributed by atoms with Gasteiger partial charge in [-0.2, -0.15) is 5.26 Å². The monoisotopic (exact) mass is 382 g/mol. The van der Waals surface area contributed by atoms with Crippen LogP contribution in [0.5, 0.6) is 0 Å². The Morgan fingerprint density at radius 1 is 1.16 bits per heavy atom. The minimum Gasteiger partial charge on any atom is -0.354 e. The lowest BCUT2D eigenvalue weighted by atomic mass is 10.1. The lowest BCUT2D eigenvalue weighted by Crippen LogP contribution is -1.97. The average Bonchev–Trinajstić information content (AvgIpc) is 2.36. The van der Waals surface area contributed by atoms with Crippen LogP contribution in [-0.2, 0) is 0 Å². The van der Waals surface area contributed by atoms with Crippen molar-refractivity contribution in [3.63, 3.8) is 0 Å². The van der Waals surface area contributed by atoms with Gasteiger partial charge in [-0.15, -0.1) is 0 Å². The van der Waals surface area contributed by atoms with E-state index in [1.807, 2.05) is 13.0 Å². The van der Waals surface area contributed by atoms with E-state index in [9.17, 15) is 4.39 Å². The van der Waals surface area contributed by atoms with Crippen molar-refractivity contribution in [2.45, 2.75) is 6.92 Å². The summed E-state index contributed by atoms with van der Waals surface area (Å²) in [6.07, 6.45) is 0. The molecule has 2 nitrogen and oxygen atoms in total. The highest BCUT2D eigenvalue weighted by Gasteiger charge is 2.08. The minimum atomic E-state index is -0.308. The Morgan fingerprint density at radius 3 is 2.58 bits per heavy atom. The molecule has 96 valence electrons. The summed E-state index contributed by atoms with van der Waals surface area (Å²) in [6.45, 7) is 1.81. The summed E-state index contributed by atoms with van der Waals surface area (Å²) in [6, 6.07) is 10.6. The SMILES string of the molecule is Cc1cc(F)c(Br)cc1Nc1cc(Br)ccc1C#N. The molecule has 19 heavy (non-hydrogen) atoms. The largest absolute Gasteiger partial charge is 0.354 e. The van der Waals surface area contributed by atoms with E-state index in [-0.39, 0.29) is 5.82 Å². The summed E-state index contributed by atoms with van der Waals surface area (Å²) in [4.78, 5) is 0. The first kappa shape index (κ1) is 14.0. The van der Waals surface area contributed by atoms with Gasteiger partial charge >= 0.3 is 0 Å². The number of benzene rings is 2. The zero-order valence-corrected chi connectivity index (χ0v) is 13.1. The van der Waals surface area contributed by atoms with Crippen LogP contribution < -0.4 is 5.32 Å². The van der Waals surface area contributed by atoms with Gasteiger partial charge in [0.2, 0.25) is 0 Å². The van der Waals surface area contributed by atoms with Crippen molar-refractivity contribution in [3.05, 3.63) is 56.2 Å². The fourth-order valence-corrected chi connectivity index (χ4v) is 2.35. The van der Waals surface area contributed by atoms with E-state index < -0.39 is 0 Å². The summed E-state index contributed by atoms with van der Waals surface area (Å²) >= 11 is 6.52. The molecule has 0 amide bonds. The Morgan fingerprint density at radius 2 is 1.89 bits per heavy atom. The van der Waals surface area contributed by atoms with Gasteiger partial charge in [-0.05, 0) is 58.7 Å². The summed E-state index contributed by atoms with van der Waals surface area (Å²) in [5, 5.41) is 12.2. The van der Waals surface area contributed by atoms with Crippen molar-refractivity contribution >= 4 is 43.2 Å². The van der Waals surface area contributed by atoms with Gasteiger partial charge in [0.25, 0.3) is 0 Å². The highest BCUT2D eigenvalue weighted by Crippen LogP contribution is 2.29. The lowest BCUT2D eigenvalue weighted by molar-refractivity contribution is 0.620. The van der Waals surface area contributed by atoms with Crippen LogP contribution in [0.4, 0.5) is 15.8 Å². The van der Waals surface area contributed by atoms with Crippen LogP contribution >= 0.6 is 31.9 Å². The van der Waals surface area contributed by atoms with Gasteiger partial charge in [0.1, 0.15) is 11.9 Å². The van der Waals surface area contributed by atoms with Gasteiger partial charge < -0.3 is 5.32 Å². The maximum atomic E-state index is 13.4. The van der Waals surface area contributed by atoms with Crippen LogP contribution in [0.2, 0.25) is 0 Å². The lowest BCUT2D eigenvalue weighted by Gasteiger charge is -2.12. The maximum Gasteiger partial charge on any atom is 0.137 e. The highest BCUT2D eigenvalue weighted by molar-refractivity contribution is 9.10. The molecule has 1 N–H and O–H groups in total. The second-order valence-corrected chi connectivity index (χ2v) is 5.78. The van der Waals surface area contributed by atoms with E-state index in [4.69, 9.17) is 5.26 Å². The molecule has 5 heteroatoms. The van der Waals surface area contributed by atoms with Crippen LogP contribution in [0.25, 0.3) is 0 Å². The number of nitriles is 1. The standard InChI is InChI=1S/C14H9Br2FN2/c1-8-4-12(17)11(16)6-13(8)19-14-5-10(15)3-2-9(14)7-18/h2-6,19H,1H3. The number of halogens is 3. The van der Waals surface area contributed by atoms with Crippen molar-refractivity contribution in [1.82, 2.24) is 0 Å². The number of hydrogen-bond donors (Lipinski definition) is 1. The topological polar surface area (TPSA) is 35.8 Å². The van der Waals surface area contributed by atoms with Gasteiger partial charge in [0, 0.05) is 10.2 Å². The molecule has 0 atom stereocenters. The molecule has 0 aliphatic heterocycles. The molecule has 0 aliphatic rings. The van der Waals surface area contributed by atoms with E-state index in [1.165, 1.54) is 6.07 Å². The van der Waals surface area contributed by atoms with Crippen LogP contribution in [0.15, 0.2) is 39.3 Å². The third-order valence-corrected chi connectivity index (χ3v) is 3.74. The zero-order chi connectivity index (χ0) is 14.0. The van der Waals surface area contributed by atoms with Crippen LogP contribution in [0, 0.1) is 24.1 Å². The van der Waals surface area contributed by atoms with E-state index in [0.717, 1.165) is 15.7 Å². The number of nitrogens with one attached hydrogen (secondary N) is 1. The first-order valence-electron chi connectivity index (χ1n) is 5.43. The van der Waals surface area contributed by atoms with Crippen molar-refractivity contribution in [3.8, 4) is 6.07 Å². The van der Waals surface area contributed by atoms with Crippen molar-refractivity contribution in [1.29, 1.82) is 5.26 Å². The van der Waals surface area contributed by atoms with Crippen molar-refractivity contribution in [2.75, 3.05) is 5.32 Å². The molecule has 0 saturated heterocycles. The Kier molecular flexibility index (Phi) is 4.23. The summed E-state index contributed by atoms with van der Waals surface area (Å²) in [7, 11) is 0. The van der Waals surface area contributed by atoms with Crippen LogP contribution in [0.3, 0.4) is 0 Å². The van der Waals surface area contributed by atoms with Gasteiger partial charge in [-0.3, -0.25) is 0 Å². The normalized spacial score (nSPS) is 10.1. The van der Waals surface area contributed by atoms with E-state index in [2.05, 4.69) is 43.2 Å².